The van der Waals surface area contributed by atoms with Crippen LogP contribution < -0.4 is 14.8 Å². The van der Waals surface area contributed by atoms with Crippen LogP contribution in [0.1, 0.15) is 24.5 Å². The van der Waals surface area contributed by atoms with E-state index < -0.39 is 0 Å². The van der Waals surface area contributed by atoms with Gasteiger partial charge in [-0.2, -0.15) is 0 Å². The monoisotopic (exact) mass is 396 g/mol. The molecule has 3 aromatic rings. The van der Waals surface area contributed by atoms with Crippen LogP contribution in [-0.4, -0.2) is 24.1 Å². The van der Waals surface area contributed by atoms with E-state index in [0.717, 1.165) is 29.0 Å². The molecular formula is C22H24N2O3S. The number of hydrogen-bond donors (Lipinski definition) is 1. The number of hydrogen-bond acceptors (Lipinski definition) is 5. The van der Waals surface area contributed by atoms with Crippen LogP contribution in [0.25, 0.3) is 11.3 Å². The minimum atomic E-state index is -0.234. The van der Waals surface area contributed by atoms with E-state index in [0.29, 0.717) is 17.5 Å². The van der Waals surface area contributed by atoms with Crippen LogP contribution in [0.5, 0.6) is 11.5 Å². The Morgan fingerprint density at radius 3 is 2.50 bits per heavy atom. The van der Waals surface area contributed by atoms with Crippen molar-refractivity contribution in [2.24, 2.45) is 0 Å². The van der Waals surface area contributed by atoms with Crippen molar-refractivity contribution in [2.45, 2.75) is 27.2 Å². The first-order valence-corrected chi connectivity index (χ1v) is 10.1. The van der Waals surface area contributed by atoms with E-state index in [1.165, 1.54) is 16.9 Å². The van der Waals surface area contributed by atoms with Crippen LogP contribution in [0.4, 0.5) is 5.13 Å². The van der Waals surface area contributed by atoms with Crippen LogP contribution in [0.2, 0.25) is 0 Å². The highest BCUT2D eigenvalue weighted by Gasteiger charge is 2.09. The van der Waals surface area contributed by atoms with E-state index in [9.17, 15) is 4.79 Å². The fourth-order valence-electron chi connectivity index (χ4n) is 2.51. The minimum Gasteiger partial charge on any atom is -0.494 e. The van der Waals surface area contributed by atoms with Crippen LogP contribution >= 0.6 is 11.3 Å². The molecule has 1 N–H and O–H groups in total. The van der Waals surface area contributed by atoms with Gasteiger partial charge in [0.05, 0.1) is 12.3 Å². The largest absolute Gasteiger partial charge is 0.494 e. The summed E-state index contributed by atoms with van der Waals surface area (Å²) in [4.78, 5) is 16.6. The lowest BCUT2D eigenvalue weighted by molar-refractivity contribution is -0.118. The van der Waals surface area contributed by atoms with Gasteiger partial charge in [-0.25, -0.2) is 4.98 Å². The van der Waals surface area contributed by atoms with Crippen LogP contribution in [0.15, 0.2) is 47.8 Å². The standard InChI is InChI=1S/C22H24N2O3S/c1-4-11-26-18-9-6-17(7-10-18)20-14-28-22(23-20)24-21(25)13-27-19-8-5-15(2)16(3)12-19/h5-10,12,14H,4,11,13H2,1-3H3,(H,23,24,25). The fourth-order valence-corrected chi connectivity index (χ4v) is 3.25. The van der Waals surface area contributed by atoms with Crippen molar-refractivity contribution in [3.8, 4) is 22.8 Å². The molecule has 28 heavy (non-hydrogen) atoms. The molecule has 0 radical (unpaired) electrons. The average Bonchev–Trinajstić information content (AvgIpc) is 3.16. The molecule has 0 aliphatic carbocycles. The predicted octanol–water partition coefficient (Wildman–Crippen LogP) is 5.23. The first-order valence-electron chi connectivity index (χ1n) is 9.24. The van der Waals surface area contributed by atoms with Gasteiger partial charge in [0.15, 0.2) is 11.7 Å². The van der Waals surface area contributed by atoms with Gasteiger partial charge in [0.1, 0.15) is 11.5 Å². The molecule has 6 heteroatoms. The van der Waals surface area contributed by atoms with Crippen molar-refractivity contribution < 1.29 is 14.3 Å². The molecule has 0 fully saturated rings. The molecule has 3 rings (SSSR count). The first kappa shape index (κ1) is 19.9. The summed E-state index contributed by atoms with van der Waals surface area (Å²) in [7, 11) is 0. The number of anilines is 1. The van der Waals surface area contributed by atoms with Crippen LogP contribution in [0, 0.1) is 13.8 Å². The lowest BCUT2D eigenvalue weighted by Gasteiger charge is -2.08. The molecule has 1 amide bonds. The molecule has 2 aromatic carbocycles. The van der Waals surface area contributed by atoms with Crippen molar-refractivity contribution >= 4 is 22.4 Å². The zero-order valence-electron chi connectivity index (χ0n) is 16.3. The molecule has 0 aliphatic rings. The van der Waals surface area contributed by atoms with Crippen LogP contribution in [-0.2, 0) is 4.79 Å². The smallest absolute Gasteiger partial charge is 0.264 e. The topological polar surface area (TPSA) is 60.5 Å². The third-order valence-electron chi connectivity index (χ3n) is 4.22. The van der Waals surface area contributed by atoms with E-state index in [1.807, 2.05) is 61.7 Å². The summed E-state index contributed by atoms with van der Waals surface area (Å²) < 4.78 is 11.2. The number of carbonyl (C=O) groups excluding carboxylic acids is 1. The molecule has 0 saturated carbocycles. The summed E-state index contributed by atoms with van der Waals surface area (Å²) in [6.07, 6.45) is 0.976. The molecule has 1 heterocycles. The second kappa shape index (κ2) is 9.37. The number of aromatic nitrogens is 1. The maximum absolute atomic E-state index is 12.1. The molecule has 5 nitrogen and oxygen atoms in total. The maximum Gasteiger partial charge on any atom is 0.264 e. The van der Waals surface area contributed by atoms with E-state index in [4.69, 9.17) is 9.47 Å². The minimum absolute atomic E-state index is 0.0547. The van der Waals surface area contributed by atoms with E-state index in [-0.39, 0.29) is 12.5 Å². The van der Waals surface area contributed by atoms with E-state index in [1.54, 1.807) is 0 Å². The number of nitrogens with one attached hydrogen (secondary N) is 1. The molecule has 0 aliphatic heterocycles. The number of amides is 1. The second-order valence-corrected chi connectivity index (χ2v) is 7.35. The Kier molecular flexibility index (Phi) is 6.66. The Hall–Kier alpha value is -2.86. The first-order chi connectivity index (χ1) is 13.5. The zero-order valence-corrected chi connectivity index (χ0v) is 17.1. The lowest BCUT2D eigenvalue weighted by Crippen LogP contribution is -2.20. The number of benzene rings is 2. The number of nitrogens with zero attached hydrogens (tertiary/aromatic N) is 1. The summed E-state index contributed by atoms with van der Waals surface area (Å²) in [6.45, 7) is 6.78. The molecule has 146 valence electrons. The fraction of sp³-hybridized carbons (Fsp3) is 0.273. The van der Waals surface area contributed by atoms with Gasteiger partial charge >= 0.3 is 0 Å². The van der Waals surface area contributed by atoms with Crippen molar-refractivity contribution in [2.75, 3.05) is 18.5 Å². The van der Waals surface area contributed by atoms with Crippen molar-refractivity contribution in [3.05, 3.63) is 59.0 Å². The SMILES string of the molecule is CCCOc1ccc(-c2csc(NC(=O)COc3ccc(C)c(C)c3)n2)cc1. The quantitative estimate of drug-likeness (QED) is 0.566. The third-order valence-corrected chi connectivity index (χ3v) is 4.98. The second-order valence-electron chi connectivity index (χ2n) is 6.49. The van der Waals surface area contributed by atoms with Crippen molar-refractivity contribution in [1.82, 2.24) is 4.98 Å². The van der Waals surface area contributed by atoms with E-state index >= 15 is 0 Å². The summed E-state index contributed by atoms with van der Waals surface area (Å²) in [5.74, 6) is 1.30. The number of thiazole rings is 1. The Bertz CT molecular complexity index is 935. The normalized spacial score (nSPS) is 10.5. The average molecular weight is 397 g/mol. The molecule has 0 saturated heterocycles. The highest BCUT2D eigenvalue weighted by molar-refractivity contribution is 7.14. The number of aryl methyl sites for hydroxylation is 2. The van der Waals surface area contributed by atoms with Gasteiger partial charge in [-0.1, -0.05) is 13.0 Å². The van der Waals surface area contributed by atoms with Crippen molar-refractivity contribution in [3.63, 3.8) is 0 Å². The summed E-state index contributed by atoms with van der Waals surface area (Å²) in [6, 6.07) is 13.6. The maximum atomic E-state index is 12.1. The Balaban J connectivity index is 1.54. The summed E-state index contributed by atoms with van der Waals surface area (Å²) >= 11 is 1.39. The van der Waals surface area contributed by atoms with Gasteiger partial charge < -0.3 is 9.47 Å². The van der Waals surface area contributed by atoms with Gasteiger partial charge in [-0.3, -0.25) is 10.1 Å². The molecule has 0 spiro atoms. The van der Waals surface area contributed by atoms with Gasteiger partial charge in [0.25, 0.3) is 5.91 Å². The van der Waals surface area contributed by atoms with E-state index in [2.05, 4.69) is 17.2 Å². The molecule has 1 aromatic heterocycles. The number of rotatable bonds is 8. The summed E-state index contributed by atoms with van der Waals surface area (Å²) in [5, 5.41) is 5.26. The number of ether oxygens (including phenoxy) is 2. The molecule has 0 unspecified atom stereocenters. The van der Waals surface area contributed by atoms with Gasteiger partial charge in [0.2, 0.25) is 0 Å². The highest BCUT2D eigenvalue weighted by atomic mass is 32.1. The lowest BCUT2D eigenvalue weighted by atomic mass is 10.1. The Morgan fingerprint density at radius 1 is 1.04 bits per heavy atom. The Labute approximate surface area is 169 Å². The van der Waals surface area contributed by atoms with Gasteiger partial charge in [-0.15, -0.1) is 11.3 Å². The van der Waals surface area contributed by atoms with Crippen molar-refractivity contribution in [1.29, 1.82) is 0 Å². The third kappa shape index (κ3) is 5.33. The number of carbonyl (C=O) groups is 1. The molecule has 0 atom stereocenters. The summed E-state index contributed by atoms with van der Waals surface area (Å²) in [5.41, 5.74) is 4.12. The molecular weight excluding hydrogens is 372 g/mol. The highest BCUT2D eigenvalue weighted by Crippen LogP contribution is 2.26. The molecule has 0 bridgehead atoms. The predicted molar refractivity (Wildman–Crippen MR) is 113 cm³/mol. The Morgan fingerprint density at radius 2 is 1.79 bits per heavy atom. The van der Waals surface area contributed by atoms with Gasteiger partial charge in [-0.05, 0) is 67.8 Å². The van der Waals surface area contributed by atoms with Crippen LogP contribution in [0.3, 0.4) is 0 Å². The van der Waals surface area contributed by atoms with Gasteiger partial charge in [0, 0.05) is 10.9 Å². The zero-order chi connectivity index (χ0) is 19.9.